The van der Waals surface area contributed by atoms with Crippen LogP contribution >= 0.6 is 11.6 Å². The number of rotatable bonds is 4. The van der Waals surface area contributed by atoms with Gasteiger partial charge in [-0.25, -0.2) is 4.39 Å². The van der Waals surface area contributed by atoms with E-state index in [1.807, 2.05) is 32.6 Å². The molecule has 18 heavy (non-hydrogen) atoms. The SMILES string of the molecule is CNC(Cc1cnn(C)c1)c1ccc(Cl)c(F)c1. The molecule has 0 radical (unpaired) electrons. The minimum Gasteiger partial charge on any atom is -0.313 e. The molecule has 0 saturated heterocycles. The zero-order valence-electron chi connectivity index (χ0n) is 10.3. The van der Waals surface area contributed by atoms with Crippen LogP contribution in [-0.2, 0) is 13.5 Å². The molecule has 1 unspecified atom stereocenters. The first kappa shape index (κ1) is 13.1. The number of aromatic nitrogens is 2. The zero-order valence-corrected chi connectivity index (χ0v) is 11.1. The van der Waals surface area contributed by atoms with Gasteiger partial charge in [-0.15, -0.1) is 0 Å². The molecule has 2 rings (SSSR count). The van der Waals surface area contributed by atoms with Gasteiger partial charge < -0.3 is 5.32 Å². The summed E-state index contributed by atoms with van der Waals surface area (Å²) in [6, 6.07) is 4.93. The highest BCUT2D eigenvalue weighted by molar-refractivity contribution is 6.30. The minimum absolute atomic E-state index is 0.0426. The molecule has 1 atom stereocenters. The highest BCUT2D eigenvalue weighted by Gasteiger charge is 2.13. The highest BCUT2D eigenvalue weighted by atomic mass is 35.5. The number of hydrogen-bond acceptors (Lipinski definition) is 2. The smallest absolute Gasteiger partial charge is 0.142 e. The third-order valence-corrected chi connectivity index (χ3v) is 3.20. The van der Waals surface area contributed by atoms with Crippen LogP contribution in [-0.4, -0.2) is 16.8 Å². The van der Waals surface area contributed by atoms with Crippen molar-refractivity contribution < 1.29 is 4.39 Å². The van der Waals surface area contributed by atoms with Crippen LogP contribution in [0, 0.1) is 5.82 Å². The Morgan fingerprint density at radius 1 is 1.50 bits per heavy atom. The Morgan fingerprint density at radius 2 is 2.28 bits per heavy atom. The van der Waals surface area contributed by atoms with Crippen molar-refractivity contribution in [1.29, 1.82) is 0 Å². The summed E-state index contributed by atoms with van der Waals surface area (Å²) in [5, 5.41) is 7.45. The van der Waals surface area contributed by atoms with Crippen LogP contribution in [0.5, 0.6) is 0 Å². The summed E-state index contributed by atoms with van der Waals surface area (Å²) in [7, 11) is 3.73. The van der Waals surface area contributed by atoms with E-state index in [1.165, 1.54) is 6.07 Å². The van der Waals surface area contributed by atoms with Gasteiger partial charge in [-0.3, -0.25) is 4.68 Å². The largest absolute Gasteiger partial charge is 0.313 e. The highest BCUT2D eigenvalue weighted by Crippen LogP contribution is 2.22. The second-order valence-corrected chi connectivity index (χ2v) is 4.65. The summed E-state index contributed by atoms with van der Waals surface area (Å²) in [4.78, 5) is 0. The van der Waals surface area contributed by atoms with Crippen molar-refractivity contribution in [3.8, 4) is 0 Å². The Balaban J connectivity index is 2.19. The van der Waals surface area contributed by atoms with Crippen molar-refractivity contribution >= 4 is 11.6 Å². The van der Waals surface area contributed by atoms with Gasteiger partial charge >= 0.3 is 0 Å². The van der Waals surface area contributed by atoms with Gasteiger partial charge in [0.2, 0.25) is 0 Å². The van der Waals surface area contributed by atoms with Crippen molar-refractivity contribution in [1.82, 2.24) is 15.1 Å². The monoisotopic (exact) mass is 267 g/mol. The third-order valence-electron chi connectivity index (χ3n) is 2.89. The van der Waals surface area contributed by atoms with Gasteiger partial charge in [0, 0.05) is 19.3 Å². The summed E-state index contributed by atoms with van der Waals surface area (Å²) in [6.07, 6.45) is 4.53. The topological polar surface area (TPSA) is 29.9 Å². The van der Waals surface area contributed by atoms with Gasteiger partial charge in [0.15, 0.2) is 0 Å². The summed E-state index contributed by atoms with van der Waals surface area (Å²) < 4.78 is 15.2. The normalized spacial score (nSPS) is 12.7. The van der Waals surface area contributed by atoms with Crippen LogP contribution in [0.1, 0.15) is 17.2 Å². The fourth-order valence-corrected chi connectivity index (χ4v) is 2.05. The Labute approximate surface area is 111 Å². The Hall–Kier alpha value is -1.39. The van der Waals surface area contributed by atoms with Crippen LogP contribution in [0.25, 0.3) is 0 Å². The molecule has 0 aliphatic carbocycles. The predicted octanol–water partition coefficient (Wildman–Crippen LogP) is 2.72. The second-order valence-electron chi connectivity index (χ2n) is 4.24. The predicted molar refractivity (Wildman–Crippen MR) is 70.1 cm³/mol. The lowest BCUT2D eigenvalue weighted by atomic mass is 10.0. The molecule has 0 spiro atoms. The maximum atomic E-state index is 13.4. The van der Waals surface area contributed by atoms with Crippen LogP contribution < -0.4 is 5.32 Å². The van der Waals surface area contributed by atoms with Crippen molar-refractivity contribution in [3.63, 3.8) is 0 Å². The second kappa shape index (κ2) is 5.50. The average Bonchev–Trinajstić information content (AvgIpc) is 2.75. The lowest BCUT2D eigenvalue weighted by molar-refractivity contribution is 0.577. The van der Waals surface area contributed by atoms with E-state index < -0.39 is 0 Å². The first-order chi connectivity index (χ1) is 8.60. The van der Waals surface area contributed by atoms with Crippen molar-refractivity contribution in [2.75, 3.05) is 7.05 Å². The zero-order chi connectivity index (χ0) is 13.1. The van der Waals surface area contributed by atoms with Gasteiger partial charge in [0.1, 0.15) is 5.82 Å². The summed E-state index contributed by atoms with van der Waals surface area (Å²) in [5.74, 6) is -0.388. The van der Waals surface area contributed by atoms with Gasteiger partial charge in [-0.05, 0) is 36.7 Å². The van der Waals surface area contributed by atoms with Gasteiger partial charge in [0.25, 0.3) is 0 Å². The summed E-state index contributed by atoms with van der Waals surface area (Å²) >= 11 is 5.68. The van der Waals surface area contributed by atoms with E-state index in [4.69, 9.17) is 11.6 Å². The van der Waals surface area contributed by atoms with E-state index in [2.05, 4.69) is 10.4 Å². The van der Waals surface area contributed by atoms with Crippen LogP contribution in [0.4, 0.5) is 4.39 Å². The van der Waals surface area contributed by atoms with E-state index in [0.29, 0.717) is 0 Å². The standard InChI is InChI=1S/C13H15ClFN3/c1-16-13(5-9-7-17-18(2)8-9)10-3-4-11(14)12(15)6-10/h3-4,6-8,13,16H,5H2,1-2H3. The van der Waals surface area contributed by atoms with E-state index >= 15 is 0 Å². The van der Waals surface area contributed by atoms with Crippen molar-refractivity contribution in [2.45, 2.75) is 12.5 Å². The number of hydrogen-bond donors (Lipinski definition) is 1. The number of aryl methyl sites for hydroxylation is 1. The molecule has 1 aromatic heterocycles. The van der Waals surface area contributed by atoms with Gasteiger partial charge in [-0.2, -0.15) is 5.10 Å². The maximum absolute atomic E-state index is 13.4. The van der Waals surface area contributed by atoms with E-state index in [9.17, 15) is 4.39 Å². The molecule has 0 fully saturated rings. The average molecular weight is 268 g/mol. The maximum Gasteiger partial charge on any atom is 0.142 e. The Kier molecular flexibility index (Phi) is 3.99. The lowest BCUT2D eigenvalue weighted by Crippen LogP contribution is -2.18. The van der Waals surface area contributed by atoms with Crippen LogP contribution in [0.15, 0.2) is 30.6 Å². The number of nitrogens with one attached hydrogen (secondary N) is 1. The molecule has 0 aliphatic heterocycles. The third kappa shape index (κ3) is 2.89. The number of likely N-dealkylation sites (N-methyl/N-ethyl adjacent to an activating group) is 1. The molecule has 0 saturated carbocycles. The fraction of sp³-hybridized carbons (Fsp3) is 0.308. The number of benzene rings is 1. The summed E-state index contributed by atoms with van der Waals surface area (Å²) in [6.45, 7) is 0. The van der Waals surface area contributed by atoms with Crippen molar-refractivity contribution in [3.05, 3.63) is 52.6 Å². The van der Waals surface area contributed by atoms with Gasteiger partial charge in [-0.1, -0.05) is 17.7 Å². The summed E-state index contributed by atoms with van der Waals surface area (Å²) in [5.41, 5.74) is 1.98. The Bertz CT molecular complexity index is 539. The molecule has 2 aromatic rings. The molecule has 3 nitrogen and oxygen atoms in total. The molecule has 0 amide bonds. The Morgan fingerprint density at radius 3 is 2.83 bits per heavy atom. The lowest BCUT2D eigenvalue weighted by Gasteiger charge is -2.16. The quantitative estimate of drug-likeness (QED) is 0.923. The van der Waals surface area contributed by atoms with E-state index in [0.717, 1.165) is 17.5 Å². The van der Waals surface area contributed by atoms with Crippen molar-refractivity contribution in [2.24, 2.45) is 7.05 Å². The molecule has 5 heteroatoms. The number of halogens is 2. The fourth-order valence-electron chi connectivity index (χ4n) is 1.93. The van der Waals surface area contributed by atoms with E-state index in [-0.39, 0.29) is 16.9 Å². The molecule has 96 valence electrons. The first-order valence-corrected chi connectivity index (χ1v) is 6.07. The number of nitrogens with zero attached hydrogens (tertiary/aromatic N) is 2. The van der Waals surface area contributed by atoms with Gasteiger partial charge in [0.05, 0.1) is 11.2 Å². The van der Waals surface area contributed by atoms with Crippen LogP contribution in [0.3, 0.4) is 0 Å². The first-order valence-electron chi connectivity index (χ1n) is 5.70. The van der Waals surface area contributed by atoms with E-state index in [1.54, 1.807) is 10.7 Å². The molecule has 1 heterocycles. The molecule has 1 aromatic carbocycles. The van der Waals surface area contributed by atoms with Crippen LogP contribution in [0.2, 0.25) is 5.02 Å². The molecule has 1 N–H and O–H groups in total. The minimum atomic E-state index is -0.388. The molecule has 0 aliphatic rings. The molecular formula is C13H15ClFN3. The molecule has 0 bridgehead atoms. The molecular weight excluding hydrogens is 253 g/mol.